The van der Waals surface area contributed by atoms with Gasteiger partial charge in [-0.15, -0.1) is 0 Å². The van der Waals surface area contributed by atoms with Crippen LogP contribution < -0.4 is 0 Å². The van der Waals surface area contributed by atoms with Crippen molar-refractivity contribution in [1.82, 2.24) is 0 Å². The summed E-state index contributed by atoms with van der Waals surface area (Å²) in [7, 11) is 1.34. The maximum atomic E-state index is 11.2. The molecule has 1 N–H and O–H groups in total. The molecule has 0 unspecified atom stereocenters. The molecule has 1 aromatic carbocycles. The second-order valence-electron chi connectivity index (χ2n) is 4.13. The van der Waals surface area contributed by atoms with Crippen LogP contribution in [0.2, 0.25) is 0 Å². The first-order valence-electron chi connectivity index (χ1n) is 5.36. The Labute approximate surface area is 107 Å². The number of aliphatic hydroxyl groups is 1. The maximum Gasteiger partial charge on any atom is 0.337 e. The summed E-state index contributed by atoms with van der Waals surface area (Å²) < 4.78 is 4.59. The number of benzene rings is 1. The zero-order chi connectivity index (χ0) is 13.6. The molecule has 0 aromatic heterocycles. The minimum atomic E-state index is -1.04. The number of hydrogen-bond donors (Lipinski definition) is 1. The zero-order valence-electron chi connectivity index (χ0n) is 10.6. The zero-order valence-corrected chi connectivity index (χ0v) is 10.6. The number of carbonyl (C=O) groups excluding carboxylic acids is 1. The average molecular weight is 242 g/mol. The monoisotopic (exact) mass is 242 g/mol. The summed E-state index contributed by atoms with van der Waals surface area (Å²) in [6, 6.07) is 6.70. The van der Waals surface area contributed by atoms with Gasteiger partial charge in [-0.3, -0.25) is 0 Å². The summed E-state index contributed by atoms with van der Waals surface area (Å²) in [6.45, 7) is 3.18. The van der Waals surface area contributed by atoms with Gasteiger partial charge in [-0.05, 0) is 50.0 Å². The molecule has 3 nitrogen and oxygen atoms in total. The van der Waals surface area contributed by atoms with E-state index in [-0.39, 0.29) is 5.97 Å². The standard InChI is InChI=1S/C15H14O3/c1-15(2,17)11-5-4-6-12-7-9-13(10-8-12)14(16)18-3/h7-10,17H,1-3H3. The molecule has 0 amide bonds. The van der Waals surface area contributed by atoms with Gasteiger partial charge in [0.25, 0.3) is 0 Å². The highest BCUT2D eigenvalue weighted by molar-refractivity contribution is 5.89. The Morgan fingerprint density at radius 1 is 1.22 bits per heavy atom. The minimum absolute atomic E-state index is 0.378. The van der Waals surface area contributed by atoms with Gasteiger partial charge in [0.15, 0.2) is 0 Å². The van der Waals surface area contributed by atoms with E-state index < -0.39 is 5.60 Å². The minimum Gasteiger partial charge on any atom is -0.465 e. The topological polar surface area (TPSA) is 46.5 Å². The lowest BCUT2D eigenvalue weighted by atomic mass is 10.1. The van der Waals surface area contributed by atoms with Crippen molar-refractivity contribution in [3.63, 3.8) is 0 Å². The van der Waals surface area contributed by atoms with Crippen molar-refractivity contribution >= 4 is 5.97 Å². The lowest BCUT2D eigenvalue weighted by Crippen LogP contribution is -2.14. The van der Waals surface area contributed by atoms with Crippen LogP contribution in [0.15, 0.2) is 24.3 Å². The van der Waals surface area contributed by atoms with E-state index in [1.54, 1.807) is 38.1 Å². The fourth-order valence-electron chi connectivity index (χ4n) is 1.10. The van der Waals surface area contributed by atoms with Crippen LogP contribution in [0.5, 0.6) is 0 Å². The molecular weight excluding hydrogens is 228 g/mol. The smallest absolute Gasteiger partial charge is 0.337 e. The predicted molar refractivity (Wildman–Crippen MR) is 68.7 cm³/mol. The molecular formula is C15H14O3. The Kier molecular flexibility index (Phi) is 4.54. The van der Waals surface area contributed by atoms with E-state index >= 15 is 0 Å². The summed E-state index contributed by atoms with van der Waals surface area (Å²) >= 11 is 0. The van der Waals surface area contributed by atoms with Gasteiger partial charge in [-0.2, -0.15) is 0 Å². The quantitative estimate of drug-likeness (QED) is 0.601. The van der Waals surface area contributed by atoms with Gasteiger partial charge in [-0.1, -0.05) is 11.8 Å². The molecule has 0 spiro atoms. The summed E-state index contributed by atoms with van der Waals surface area (Å²) in [6.07, 6.45) is 0. The van der Waals surface area contributed by atoms with Gasteiger partial charge in [-0.25, -0.2) is 4.79 Å². The van der Waals surface area contributed by atoms with Crippen molar-refractivity contribution in [3.05, 3.63) is 35.4 Å². The summed E-state index contributed by atoms with van der Waals surface area (Å²) in [5.74, 6) is 10.2. The molecule has 92 valence electrons. The highest BCUT2D eigenvalue weighted by Crippen LogP contribution is 2.04. The third-order valence-electron chi connectivity index (χ3n) is 1.94. The highest BCUT2D eigenvalue weighted by Gasteiger charge is 2.05. The Hall–Kier alpha value is -2.23. The van der Waals surface area contributed by atoms with Crippen molar-refractivity contribution in [2.75, 3.05) is 7.11 Å². The van der Waals surface area contributed by atoms with E-state index in [0.29, 0.717) is 5.56 Å². The number of esters is 1. The first kappa shape index (κ1) is 13.8. The Morgan fingerprint density at radius 2 is 1.83 bits per heavy atom. The second-order valence-corrected chi connectivity index (χ2v) is 4.13. The molecule has 0 heterocycles. The van der Waals surface area contributed by atoms with E-state index in [4.69, 9.17) is 0 Å². The molecule has 0 aliphatic rings. The van der Waals surface area contributed by atoms with Crippen molar-refractivity contribution in [2.45, 2.75) is 19.4 Å². The molecule has 0 aliphatic heterocycles. The van der Waals surface area contributed by atoms with Crippen LogP contribution in [0, 0.1) is 23.7 Å². The van der Waals surface area contributed by atoms with E-state index in [2.05, 4.69) is 28.4 Å². The predicted octanol–water partition coefficient (Wildman–Crippen LogP) is 1.60. The number of methoxy groups -OCH3 is 1. The average Bonchev–Trinajstić information content (AvgIpc) is 2.33. The summed E-state index contributed by atoms with van der Waals surface area (Å²) in [5, 5.41) is 9.35. The number of hydrogen-bond acceptors (Lipinski definition) is 3. The third-order valence-corrected chi connectivity index (χ3v) is 1.94. The fourth-order valence-corrected chi connectivity index (χ4v) is 1.10. The van der Waals surface area contributed by atoms with Crippen LogP contribution in [0.4, 0.5) is 0 Å². The van der Waals surface area contributed by atoms with Crippen LogP contribution in [0.25, 0.3) is 0 Å². The Bertz CT molecular complexity index is 540. The van der Waals surface area contributed by atoms with Crippen LogP contribution in [-0.4, -0.2) is 23.8 Å². The molecule has 0 saturated heterocycles. The number of carbonyl (C=O) groups is 1. The molecule has 0 fully saturated rings. The van der Waals surface area contributed by atoms with Crippen LogP contribution >= 0.6 is 0 Å². The SMILES string of the molecule is COC(=O)c1ccc(C#CC#CC(C)(C)O)cc1. The van der Waals surface area contributed by atoms with E-state index in [9.17, 15) is 9.90 Å². The largest absolute Gasteiger partial charge is 0.465 e. The molecule has 0 atom stereocenters. The third kappa shape index (κ3) is 4.74. The van der Waals surface area contributed by atoms with E-state index in [1.165, 1.54) is 7.11 Å². The molecule has 1 rings (SSSR count). The summed E-state index contributed by atoms with van der Waals surface area (Å²) in [4.78, 5) is 11.2. The van der Waals surface area contributed by atoms with E-state index in [1.807, 2.05) is 0 Å². The normalized spacial score (nSPS) is 9.56. The van der Waals surface area contributed by atoms with Crippen molar-refractivity contribution in [1.29, 1.82) is 0 Å². The van der Waals surface area contributed by atoms with Gasteiger partial charge in [0.2, 0.25) is 0 Å². The molecule has 0 radical (unpaired) electrons. The van der Waals surface area contributed by atoms with Crippen molar-refractivity contribution in [3.8, 4) is 23.7 Å². The van der Waals surface area contributed by atoms with Gasteiger partial charge in [0.05, 0.1) is 12.7 Å². The Morgan fingerprint density at radius 3 is 2.33 bits per heavy atom. The fraction of sp³-hybridized carbons (Fsp3) is 0.267. The molecule has 18 heavy (non-hydrogen) atoms. The molecule has 3 heteroatoms. The number of ether oxygens (including phenoxy) is 1. The maximum absolute atomic E-state index is 11.2. The van der Waals surface area contributed by atoms with Gasteiger partial charge in [0, 0.05) is 5.56 Å². The lowest BCUT2D eigenvalue weighted by molar-refractivity contribution is 0.0600. The van der Waals surface area contributed by atoms with Crippen molar-refractivity contribution in [2.24, 2.45) is 0 Å². The molecule has 1 aromatic rings. The molecule has 0 bridgehead atoms. The van der Waals surface area contributed by atoms with Crippen LogP contribution in [-0.2, 0) is 4.74 Å². The second kappa shape index (κ2) is 5.91. The lowest BCUT2D eigenvalue weighted by Gasteiger charge is -2.04. The molecule has 0 aliphatic carbocycles. The highest BCUT2D eigenvalue weighted by atomic mass is 16.5. The van der Waals surface area contributed by atoms with E-state index in [0.717, 1.165) is 5.56 Å². The van der Waals surface area contributed by atoms with Gasteiger partial charge >= 0.3 is 5.97 Å². The molecule has 0 saturated carbocycles. The van der Waals surface area contributed by atoms with Gasteiger partial charge < -0.3 is 9.84 Å². The first-order chi connectivity index (χ1) is 8.42. The van der Waals surface area contributed by atoms with Crippen LogP contribution in [0.1, 0.15) is 29.8 Å². The van der Waals surface area contributed by atoms with Crippen LogP contribution in [0.3, 0.4) is 0 Å². The number of rotatable bonds is 1. The summed E-state index contributed by atoms with van der Waals surface area (Å²) in [5.41, 5.74) is 0.182. The van der Waals surface area contributed by atoms with Gasteiger partial charge in [0.1, 0.15) is 5.60 Å². The van der Waals surface area contributed by atoms with Crippen molar-refractivity contribution < 1.29 is 14.6 Å². The Balaban J connectivity index is 2.78. The first-order valence-corrected chi connectivity index (χ1v) is 5.36.